The number of para-hydroxylation sites is 2. The molecule has 1 aromatic carbocycles. The van der Waals surface area contributed by atoms with E-state index in [0.717, 1.165) is 49.5 Å². The van der Waals surface area contributed by atoms with Gasteiger partial charge in [0.2, 0.25) is 0 Å². The van der Waals surface area contributed by atoms with Gasteiger partial charge in [-0.25, -0.2) is 9.78 Å². The third-order valence-electron chi connectivity index (χ3n) is 4.63. The van der Waals surface area contributed by atoms with Crippen molar-refractivity contribution in [1.29, 1.82) is 0 Å². The van der Waals surface area contributed by atoms with Gasteiger partial charge in [-0.1, -0.05) is 12.1 Å². The lowest BCUT2D eigenvalue weighted by molar-refractivity contribution is 0.0791. The molecule has 1 aliphatic rings. The Morgan fingerprint density at radius 3 is 2.63 bits per heavy atom. The van der Waals surface area contributed by atoms with Crippen LogP contribution in [0.4, 0.5) is 4.79 Å². The molecule has 0 unspecified atom stereocenters. The lowest BCUT2D eigenvalue weighted by Crippen LogP contribution is -2.39. The summed E-state index contributed by atoms with van der Waals surface area (Å²) in [4.78, 5) is 18.0. The van der Waals surface area contributed by atoms with Crippen molar-refractivity contribution in [1.82, 2.24) is 9.88 Å². The van der Waals surface area contributed by atoms with Crippen LogP contribution in [0.3, 0.4) is 0 Å². The molecule has 0 bridgehead atoms. The highest BCUT2D eigenvalue weighted by atomic mass is 32.1. The fourth-order valence-corrected chi connectivity index (χ4v) is 3.66. The number of benzene rings is 1. The molecule has 1 fully saturated rings. The zero-order chi connectivity index (χ0) is 18.9. The monoisotopic (exact) mass is 390 g/mol. The topological polar surface area (TPSA) is 60.9 Å². The number of thiazole rings is 1. The summed E-state index contributed by atoms with van der Waals surface area (Å²) in [6.07, 6.45) is 2.68. The SMILES string of the molecule is CCOc1ccccc1OCCC1CCN(C(=O)OCc2cscn2)CC1. The van der Waals surface area contributed by atoms with E-state index in [0.29, 0.717) is 19.1 Å². The van der Waals surface area contributed by atoms with Crippen molar-refractivity contribution < 1.29 is 19.0 Å². The first-order chi connectivity index (χ1) is 13.3. The van der Waals surface area contributed by atoms with Crippen molar-refractivity contribution in [2.45, 2.75) is 32.8 Å². The molecule has 2 heterocycles. The molecule has 6 nitrogen and oxygen atoms in total. The second-order valence-electron chi connectivity index (χ2n) is 6.48. The van der Waals surface area contributed by atoms with Crippen LogP contribution < -0.4 is 9.47 Å². The van der Waals surface area contributed by atoms with Crippen LogP contribution in [0.5, 0.6) is 11.5 Å². The summed E-state index contributed by atoms with van der Waals surface area (Å²) in [5, 5.41) is 1.89. The molecule has 2 aromatic rings. The minimum Gasteiger partial charge on any atom is -0.490 e. The summed E-state index contributed by atoms with van der Waals surface area (Å²) in [6.45, 7) is 4.95. The van der Waals surface area contributed by atoms with Crippen LogP contribution in [0.15, 0.2) is 35.2 Å². The van der Waals surface area contributed by atoms with Crippen molar-refractivity contribution in [3.8, 4) is 11.5 Å². The Kier molecular flexibility index (Phi) is 7.33. The van der Waals surface area contributed by atoms with Gasteiger partial charge in [-0.15, -0.1) is 11.3 Å². The Bertz CT molecular complexity index is 700. The van der Waals surface area contributed by atoms with Gasteiger partial charge in [-0.2, -0.15) is 0 Å². The van der Waals surface area contributed by atoms with E-state index in [1.807, 2.05) is 36.6 Å². The van der Waals surface area contributed by atoms with Gasteiger partial charge in [0.15, 0.2) is 11.5 Å². The molecule has 0 N–H and O–H groups in total. The minimum atomic E-state index is -0.247. The van der Waals surface area contributed by atoms with E-state index < -0.39 is 0 Å². The summed E-state index contributed by atoms with van der Waals surface area (Å²) in [7, 11) is 0. The normalized spacial score (nSPS) is 14.8. The highest BCUT2D eigenvalue weighted by molar-refractivity contribution is 7.07. The van der Waals surface area contributed by atoms with E-state index in [4.69, 9.17) is 14.2 Å². The minimum absolute atomic E-state index is 0.245. The maximum atomic E-state index is 12.1. The molecule has 27 heavy (non-hydrogen) atoms. The van der Waals surface area contributed by atoms with Crippen LogP contribution in [0.2, 0.25) is 0 Å². The number of aromatic nitrogens is 1. The first-order valence-corrected chi connectivity index (χ1v) is 10.3. The van der Waals surface area contributed by atoms with Crippen LogP contribution in [-0.2, 0) is 11.3 Å². The van der Waals surface area contributed by atoms with Gasteiger partial charge in [0.05, 0.1) is 24.4 Å². The summed E-state index contributed by atoms with van der Waals surface area (Å²) >= 11 is 1.50. The zero-order valence-corrected chi connectivity index (χ0v) is 16.5. The van der Waals surface area contributed by atoms with E-state index in [-0.39, 0.29) is 12.7 Å². The van der Waals surface area contributed by atoms with Gasteiger partial charge in [0.1, 0.15) is 6.61 Å². The lowest BCUT2D eigenvalue weighted by Gasteiger charge is -2.31. The van der Waals surface area contributed by atoms with Crippen molar-refractivity contribution in [3.05, 3.63) is 40.8 Å². The summed E-state index contributed by atoms with van der Waals surface area (Å²) in [5.74, 6) is 2.15. The molecule has 1 amide bonds. The number of carbonyl (C=O) groups excluding carboxylic acids is 1. The molecule has 0 saturated carbocycles. The number of carbonyl (C=O) groups is 1. The highest BCUT2D eigenvalue weighted by Gasteiger charge is 2.24. The maximum absolute atomic E-state index is 12.1. The highest BCUT2D eigenvalue weighted by Crippen LogP contribution is 2.27. The van der Waals surface area contributed by atoms with Gasteiger partial charge >= 0.3 is 6.09 Å². The number of ether oxygens (including phenoxy) is 3. The number of amides is 1. The third-order valence-corrected chi connectivity index (χ3v) is 5.27. The molecule has 0 radical (unpaired) electrons. The quantitative estimate of drug-likeness (QED) is 0.670. The lowest BCUT2D eigenvalue weighted by atomic mass is 9.94. The second kappa shape index (κ2) is 10.2. The van der Waals surface area contributed by atoms with Crippen molar-refractivity contribution >= 4 is 17.4 Å². The van der Waals surface area contributed by atoms with Crippen molar-refractivity contribution in [3.63, 3.8) is 0 Å². The van der Waals surface area contributed by atoms with Crippen LogP contribution in [0.25, 0.3) is 0 Å². The summed E-state index contributed by atoms with van der Waals surface area (Å²) < 4.78 is 16.8. The van der Waals surface area contributed by atoms with E-state index in [1.54, 1.807) is 10.4 Å². The predicted octanol–water partition coefficient (Wildman–Crippen LogP) is 4.36. The summed E-state index contributed by atoms with van der Waals surface area (Å²) in [6, 6.07) is 7.76. The van der Waals surface area contributed by atoms with Gasteiger partial charge < -0.3 is 19.1 Å². The average Bonchev–Trinajstić information content (AvgIpc) is 3.22. The molecule has 3 rings (SSSR count). The second-order valence-corrected chi connectivity index (χ2v) is 7.20. The van der Waals surface area contributed by atoms with Crippen LogP contribution in [-0.4, -0.2) is 42.3 Å². The number of piperidine rings is 1. The van der Waals surface area contributed by atoms with Gasteiger partial charge in [0, 0.05) is 18.5 Å². The molecule has 1 aliphatic heterocycles. The Balaban J connectivity index is 1.35. The maximum Gasteiger partial charge on any atom is 0.410 e. The standard InChI is InChI=1S/C20H26N2O4S/c1-2-24-18-5-3-4-6-19(18)25-12-9-16-7-10-22(11-8-16)20(23)26-13-17-14-27-15-21-17/h3-6,14-16H,2,7-13H2,1H3. The molecular weight excluding hydrogens is 364 g/mol. The molecule has 0 spiro atoms. The fraction of sp³-hybridized carbons (Fsp3) is 0.500. The number of hydrogen-bond donors (Lipinski definition) is 0. The smallest absolute Gasteiger partial charge is 0.410 e. The Hall–Kier alpha value is -2.28. The molecule has 1 saturated heterocycles. The van der Waals surface area contributed by atoms with E-state index >= 15 is 0 Å². The largest absolute Gasteiger partial charge is 0.490 e. The number of likely N-dealkylation sites (tertiary alicyclic amines) is 1. The van der Waals surface area contributed by atoms with E-state index in [2.05, 4.69) is 4.98 Å². The average molecular weight is 391 g/mol. The van der Waals surface area contributed by atoms with Gasteiger partial charge in [0.25, 0.3) is 0 Å². The fourth-order valence-electron chi connectivity index (χ4n) is 3.12. The number of nitrogens with zero attached hydrogens (tertiary/aromatic N) is 2. The van der Waals surface area contributed by atoms with Crippen LogP contribution >= 0.6 is 11.3 Å². The third kappa shape index (κ3) is 5.85. The van der Waals surface area contributed by atoms with Crippen molar-refractivity contribution in [2.24, 2.45) is 5.92 Å². The molecule has 7 heteroatoms. The molecule has 1 aromatic heterocycles. The zero-order valence-electron chi connectivity index (χ0n) is 15.6. The van der Waals surface area contributed by atoms with Gasteiger partial charge in [-0.05, 0) is 44.2 Å². The molecule has 0 aliphatic carbocycles. The van der Waals surface area contributed by atoms with Crippen molar-refractivity contribution in [2.75, 3.05) is 26.3 Å². The van der Waals surface area contributed by atoms with E-state index in [9.17, 15) is 4.79 Å². The van der Waals surface area contributed by atoms with Gasteiger partial charge in [-0.3, -0.25) is 0 Å². The molecule has 0 atom stereocenters. The first-order valence-electron chi connectivity index (χ1n) is 9.39. The summed E-state index contributed by atoms with van der Waals surface area (Å²) in [5.41, 5.74) is 2.54. The predicted molar refractivity (Wildman–Crippen MR) is 104 cm³/mol. The first kappa shape index (κ1) is 19.5. The number of rotatable bonds is 8. The van der Waals surface area contributed by atoms with Crippen LogP contribution in [0, 0.1) is 5.92 Å². The number of hydrogen-bond acceptors (Lipinski definition) is 6. The van der Waals surface area contributed by atoms with E-state index in [1.165, 1.54) is 11.3 Å². The molecule has 146 valence electrons. The Morgan fingerprint density at radius 1 is 1.22 bits per heavy atom. The Morgan fingerprint density at radius 2 is 1.96 bits per heavy atom. The molecular formula is C20H26N2O4S. The van der Waals surface area contributed by atoms with Crippen LogP contribution in [0.1, 0.15) is 31.9 Å². The Labute approximate surface area is 164 Å².